The zero-order valence-corrected chi connectivity index (χ0v) is 11.3. The molecule has 1 aromatic rings. The van der Waals surface area contributed by atoms with Crippen LogP contribution in [-0.4, -0.2) is 12.6 Å². The van der Waals surface area contributed by atoms with E-state index in [1.807, 2.05) is 0 Å². The van der Waals surface area contributed by atoms with E-state index in [4.69, 9.17) is 5.73 Å². The van der Waals surface area contributed by atoms with Crippen molar-refractivity contribution in [2.45, 2.75) is 51.5 Å². The van der Waals surface area contributed by atoms with Crippen molar-refractivity contribution in [2.75, 3.05) is 11.9 Å². The summed E-state index contributed by atoms with van der Waals surface area (Å²) in [4.78, 5) is 0. The molecule has 0 saturated carbocycles. The van der Waals surface area contributed by atoms with Crippen LogP contribution in [0.15, 0.2) is 24.3 Å². The molecule has 0 saturated heterocycles. The number of halogens is 1. The average molecular weight is 252 g/mol. The molecule has 1 aromatic carbocycles. The zero-order valence-electron chi connectivity index (χ0n) is 11.3. The van der Waals surface area contributed by atoms with Crippen LogP contribution < -0.4 is 11.1 Å². The van der Waals surface area contributed by atoms with E-state index >= 15 is 0 Å². The van der Waals surface area contributed by atoms with Crippen molar-refractivity contribution in [2.24, 2.45) is 5.73 Å². The van der Waals surface area contributed by atoms with E-state index in [1.54, 1.807) is 12.1 Å². The molecule has 0 amide bonds. The van der Waals surface area contributed by atoms with Crippen LogP contribution >= 0.6 is 0 Å². The van der Waals surface area contributed by atoms with Crippen LogP contribution in [0.1, 0.15) is 45.4 Å². The molecule has 18 heavy (non-hydrogen) atoms. The number of unbranched alkanes of at least 4 members (excludes halogenated alkanes) is 4. The third-order valence-electron chi connectivity index (χ3n) is 3.16. The van der Waals surface area contributed by atoms with Gasteiger partial charge in [0.25, 0.3) is 0 Å². The Kier molecular flexibility index (Phi) is 7.42. The SMILES string of the molecule is CCCCCCCC(CN)Nc1ccc(F)cc1. The van der Waals surface area contributed by atoms with Crippen LogP contribution in [0.5, 0.6) is 0 Å². The highest BCUT2D eigenvalue weighted by atomic mass is 19.1. The van der Waals surface area contributed by atoms with Crippen molar-refractivity contribution in [1.29, 1.82) is 0 Å². The van der Waals surface area contributed by atoms with Crippen LogP contribution in [0.4, 0.5) is 10.1 Å². The lowest BCUT2D eigenvalue weighted by atomic mass is 10.1. The Labute approximate surface area is 110 Å². The second-order valence-electron chi connectivity index (χ2n) is 4.79. The third-order valence-corrected chi connectivity index (χ3v) is 3.16. The monoisotopic (exact) mass is 252 g/mol. The third kappa shape index (κ3) is 6.01. The van der Waals surface area contributed by atoms with Gasteiger partial charge < -0.3 is 11.1 Å². The van der Waals surface area contributed by atoms with E-state index in [0.717, 1.165) is 12.1 Å². The summed E-state index contributed by atoms with van der Waals surface area (Å²) in [5, 5.41) is 3.36. The Morgan fingerprint density at radius 1 is 1.11 bits per heavy atom. The first-order valence-corrected chi connectivity index (χ1v) is 6.98. The first-order chi connectivity index (χ1) is 8.76. The van der Waals surface area contributed by atoms with Gasteiger partial charge in [0.15, 0.2) is 0 Å². The second-order valence-corrected chi connectivity index (χ2v) is 4.79. The topological polar surface area (TPSA) is 38.0 Å². The molecule has 0 spiro atoms. The summed E-state index contributed by atoms with van der Waals surface area (Å²) in [5.41, 5.74) is 6.70. The van der Waals surface area contributed by atoms with Gasteiger partial charge in [-0.3, -0.25) is 0 Å². The number of benzene rings is 1. The average Bonchev–Trinajstić information content (AvgIpc) is 2.39. The molecule has 0 heterocycles. The molecule has 0 bridgehead atoms. The molecule has 0 radical (unpaired) electrons. The van der Waals surface area contributed by atoms with Crippen molar-refractivity contribution < 1.29 is 4.39 Å². The van der Waals surface area contributed by atoms with Gasteiger partial charge in [0.2, 0.25) is 0 Å². The smallest absolute Gasteiger partial charge is 0.123 e. The van der Waals surface area contributed by atoms with E-state index in [0.29, 0.717) is 6.54 Å². The Bertz CT molecular complexity index is 311. The van der Waals surface area contributed by atoms with Gasteiger partial charge in [-0.25, -0.2) is 4.39 Å². The summed E-state index contributed by atoms with van der Waals surface area (Å²) < 4.78 is 12.8. The molecule has 1 rings (SSSR count). The fourth-order valence-electron chi connectivity index (χ4n) is 2.03. The summed E-state index contributed by atoms with van der Waals surface area (Å²) in [6.07, 6.45) is 7.46. The van der Waals surface area contributed by atoms with Gasteiger partial charge in [0.05, 0.1) is 0 Å². The lowest BCUT2D eigenvalue weighted by Gasteiger charge is -2.18. The van der Waals surface area contributed by atoms with E-state index < -0.39 is 0 Å². The minimum atomic E-state index is -0.204. The van der Waals surface area contributed by atoms with Crippen molar-refractivity contribution in [3.8, 4) is 0 Å². The molecule has 3 heteroatoms. The van der Waals surface area contributed by atoms with Gasteiger partial charge in [-0.2, -0.15) is 0 Å². The van der Waals surface area contributed by atoms with Crippen LogP contribution in [0.3, 0.4) is 0 Å². The summed E-state index contributed by atoms with van der Waals surface area (Å²) in [5.74, 6) is -0.204. The van der Waals surface area contributed by atoms with E-state index in [1.165, 1.54) is 44.2 Å². The van der Waals surface area contributed by atoms with Gasteiger partial charge in [-0.05, 0) is 30.7 Å². The van der Waals surface area contributed by atoms with Gasteiger partial charge in [-0.15, -0.1) is 0 Å². The van der Waals surface area contributed by atoms with E-state index in [-0.39, 0.29) is 11.9 Å². The molecule has 0 aliphatic heterocycles. The van der Waals surface area contributed by atoms with E-state index in [2.05, 4.69) is 12.2 Å². The van der Waals surface area contributed by atoms with Crippen LogP contribution in [0, 0.1) is 5.82 Å². The Hall–Kier alpha value is -1.09. The number of nitrogens with one attached hydrogen (secondary N) is 1. The van der Waals surface area contributed by atoms with Crippen LogP contribution in [0.2, 0.25) is 0 Å². The quantitative estimate of drug-likeness (QED) is 0.654. The summed E-state index contributed by atoms with van der Waals surface area (Å²) in [6, 6.07) is 6.75. The van der Waals surface area contributed by atoms with Gasteiger partial charge in [-0.1, -0.05) is 39.0 Å². The van der Waals surface area contributed by atoms with Gasteiger partial charge >= 0.3 is 0 Å². The Morgan fingerprint density at radius 3 is 2.39 bits per heavy atom. The van der Waals surface area contributed by atoms with Gasteiger partial charge in [0.1, 0.15) is 5.82 Å². The maximum Gasteiger partial charge on any atom is 0.123 e. The predicted octanol–water partition coefficient (Wildman–Crippen LogP) is 3.93. The minimum absolute atomic E-state index is 0.204. The van der Waals surface area contributed by atoms with Crippen molar-refractivity contribution >= 4 is 5.69 Å². The normalized spacial score (nSPS) is 12.4. The highest BCUT2D eigenvalue weighted by Gasteiger charge is 2.06. The molecule has 0 aromatic heterocycles. The Morgan fingerprint density at radius 2 is 1.78 bits per heavy atom. The number of rotatable bonds is 9. The fraction of sp³-hybridized carbons (Fsp3) is 0.600. The lowest BCUT2D eigenvalue weighted by Crippen LogP contribution is -2.28. The maximum atomic E-state index is 12.8. The molecular formula is C15H25FN2. The first-order valence-electron chi connectivity index (χ1n) is 6.98. The zero-order chi connectivity index (χ0) is 13.2. The summed E-state index contributed by atoms with van der Waals surface area (Å²) in [6.45, 7) is 2.84. The summed E-state index contributed by atoms with van der Waals surface area (Å²) >= 11 is 0. The number of anilines is 1. The fourth-order valence-corrected chi connectivity index (χ4v) is 2.03. The standard InChI is InChI=1S/C15H25FN2/c1-2-3-4-5-6-7-15(12-17)18-14-10-8-13(16)9-11-14/h8-11,15,18H,2-7,12,17H2,1H3. The van der Waals surface area contributed by atoms with Crippen LogP contribution in [-0.2, 0) is 0 Å². The summed E-state index contributed by atoms with van der Waals surface area (Å²) in [7, 11) is 0. The highest BCUT2D eigenvalue weighted by Crippen LogP contribution is 2.13. The largest absolute Gasteiger partial charge is 0.381 e. The Balaban J connectivity index is 2.26. The number of hydrogen-bond acceptors (Lipinski definition) is 2. The maximum absolute atomic E-state index is 12.8. The van der Waals surface area contributed by atoms with Crippen molar-refractivity contribution in [3.05, 3.63) is 30.1 Å². The van der Waals surface area contributed by atoms with Crippen molar-refractivity contribution in [1.82, 2.24) is 0 Å². The molecule has 0 aliphatic carbocycles. The molecule has 102 valence electrons. The number of hydrogen-bond donors (Lipinski definition) is 2. The molecule has 2 nitrogen and oxygen atoms in total. The first kappa shape index (κ1) is 15.0. The highest BCUT2D eigenvalue weighted by molar-refractivity contribution is 5.43. The second kappa shape index (κ2) is 8.92. The molecule has 1 atom stereocenters. The number of nitrogens with two attached hydrogens (primary N) is 1. The lowest BCUT2D eigenvalue weighted by molar-refractivity contribution is 0.563. The van der Waals surface area contributed by atoms with Gasteiger partial charge in [0, 0.05) is 18.3 Å². The van der Waals surface area contributed by atoms with Crippen molar-refractivity contribution in [3.63, 3.8) is 0 Å². The van der Waals surface area contributed by atoms with E-state index in [9.17, 15) is 4.39 Å². The molecule has 1 unspecified atom stereocenters. The molecule has 0 aliphatic rings. The predicted molar refractivity (Wildman–Crippen MR) is 76.2 cm³/mol. The molecule has 0 fully saturated rings. The van der Waals surface area contributed by atoms with Crippen LogP contribution in [0.25, 0.3) is 0 Å². The molecular weight excluding hydrogens is 227 g/mol. The molecule has 3 N–H and O–H groups in total. The minimum Gasteiger partial charge on any atom is -0.381 e.